The van der Waals surface area contributed by atoms with Crippen LogP contribution in [0.5, 0.6) is 0 Å². The monoisotopic (exact) mass is 320 g/mol. The van der Waals surface area contributed by atoms with Crippen LogP contribution in [0.2, 0.25) is 0 Å². The molecule has 1 aromatic carbocycles. The molecule has 0 N–H and O–H groups in total. The Morgan fingerprint density at radius 3 is 2.69 bits per heavy atom. The van der Waals surface area contributed by atoms with E-state index >= 15 is 0 Å². The molecule has 0 spiro atoms. The molecule has 2 nitrogen and oxygen atoms in total. The summed E-state index contributed by atoms with van der Waals surface area (Å²) >= 11 is 8.19. The lowest BCUT2D eigenvalue weighted by atomic mass is 10.1. The number of nitrogens with zero attached hydrogens (tertiary/aromatic N) is 2. The first-order valence-electron chi connectivity index (χ1n) is 3.71. The zero-order chi connectivity index (χ0) is 9.26. The van der Waals surface area contributed by atoms with Crippen molar-refractivity contribution >= 4 is 54.6 Å². The zero-order valence-corrected chi connectivity index (χ0v) is 10.6. The van der Waals surface area contributed by atoms with Crippen LogP contribution < -0.4 is 0 Å². The molecule has 0 unspecified atom stereocenters. The van der Waals surface area contributed by atoms with Gasteiger partial charge in [0.15, 0.2) is 0 Å². The second-order valence-corrected chi connectivity index (χ2v) is 4.25. The maximum atomic E-state index is 4.28. The van der Waals surface area contributed by atoms with Gasteiger partial charge < -0.3 is 0 Å². The molecule has 0 aliphatic heterocycles. The molecule has 0 saturated heterocycles. The highest BCUT2D eigenvalue weighted by Gasteiger charge is 2.08. The van der Waals surface area contributed by atoms with Gasteiger partial charge in [-0.3, -0.25) is 0 Å². The quantitative estimate of drug-likeness (QED) is 0.791. The van der Waals surface area contributed by atoms with Gasteiger partial charge in [-0.25, -0.2) is 0 Å². The summed E-state index contributed by atoms with van der Waals surface area (Å²) in [6.07, 6.45) is 0. The molecule has 0 aliphatic rings. The van der Waals surface area contributed by atoms with Crippen LogP contribution in [0.3, 0.4) is 0 Å². The fourth-order valence-corrected chi connectivity index (χ4v) is 2.93. The number of alkyl halides is 2. The van der Waals surface area contributed by atoms with Gasteiger partial charge in [0.1, 0.15) is 11.0 Å². The van der Waals surface area contributed by atoms with Gasteiger partial charge in [0.2, 0.25) is 0 Å². The molecule has 1 aromatic heterocycles. The van der Waals surface area contributed by atoms with Crippen LogP contribution in [0.25, 0.3) is 11.0 Å². The maximum Gasteiger partial charge on any atom is 0.109 e. The molecule has 5 heteroatoms. The van der Waals surface area contributed by atoms with E-state index in [-0.39, 0.29) is 0 Å². The Morgan fingerprint density at radius 2 is 2.00 bits per heavy atom. The van der Waals surface area contributed by atoms with Crippen LogP contribution >= 0.6 is 43.6 Å². The van der Waals surface area contributed by atoms with Crippen molar-refractivity contribution in [3.63, 3.8) is 0 Å². The Hall–Kier alpha value is -0.000000000000000111. The van der Waals surface area contributed by atoms with Crippen molar-refractivity contribution in [3.05, 3.63) is 23.3 Å². The third-order valence-corrected chi connectivity index (χ3v) is 3.61. The maximum absolute atomic E-state index is 4.28. The van der Waals surface area contributed by atoms with Crippen LogP contribution in [-0.4, -0.2) is 8.75 Å². The number of halogens is 2. The second-order valence-electron chi connectivity index (χ2n) is 2.60. The van der Waals surface area contributed by atoms with Gasteiger partial charge in [-0.2, -0.15) is 8.75 Å². The molecule has 0 bridgehead atoms. The van der Waals surface area contributed by atoms with E-state index in [4.69, 9.17) is 0 Å². The van der Waals surface area contributed by atoms with Gasteiger partial charge in [0, 0.05) is 10.7 Å². The number of benzene rings is 1. The summed E-state index contributed by atoms with van der Waals surface area (Å²) < 4.78 is 8.47. The Balaban J connectivity index is 2.74. The van der Waals surface area contributed by atoms with Crippen molar-refractivity contribution in [2.45, 2.75) is 10.7 Å². The summed E-state index contributed by atoms with van der Waals surface area (Å²) in [5.74, 6) is 0. The molecular formula is C8H6Br2N2S. The molecular weight excluding hydrogens is 316 g/mol. The highest BCUT2D eigenvalue weighted by Crippen LogP contribution is 2.24. The number of hydrogen-bond acceptors (Lipinski definition) is 3. The summed E-state index contributed by atoms with van der Waals surface area (Å²) in [6.45, 7) is 0. The van der Waals surface area contributed by atoms with E-state index in [0.29, 0.717) is 0 Å². The predicted molar refractivity (Wildman–Crippen MR) is 62.7 cm³/mol. The number of hydrogen-bond donors (Lipinski definition) is 0. The smallest absolute Gasteiger partial charge is 0.109 e. The fourth-order valence-electron chi connectivity index (χ4n) is 1.22. The minimum absolute atomic E-state index is 0.830. The number of rotatable bonds is 2. The van der Waals surface area contributed by atoms with E-state index in [1.807, 2.05) is 6.07 Å². The summed E-state index contributed by atoms with van der Waals surface area (Å²) in [5, 5.41) is 1.69. The Labute approximate surface area is 96.9 Å². The van der Waals surface area contributed by atoms with Crippen LogP contribution in [0.1, 0.15) is 11.1 Å². The van der Waals surface area contributed by atoms with E-state index in [0.717, 1.165) is 21.7 Å². The van der Waals surface area contributed by atoms with Crippen molar-refractivity contribution in [1.29, 1.82) is 0 Å². The van der Waals surface area contributed by atoms with Crippen molar-refractivity contribution in [1.82, 2.24) is 8.75 Å². The first kappa shape index (κ1) is 9.55. The fraction of sp³-hybridized carbons (Fsp3) is 0.250. The summed E-state index contributed by atoms with van der Waals surface area (Å²) in [7, 11) is 0. The van der Waals surface area contributed by atoms with Gasteiger partial charge in [0.05, 0.1) is 11.7 Å². The van der Waals surface area contributed by atoms with Crippen LogP contribution in [0, 0.1) is 0 Å². The Morgan fingerprint density at radius 1 is 1.15 bits per heavy atom. The minimum atomic E-state index is 0.830. The van der Waals surface area contributed by atoms with Crippen molar-refractivity contribution in [3.8, 4) is 0 Å². The Bertz CT molecular complexity index is 427. The topological polar surface area (TPSA) is 25.8 Å². The minimum Gasteiger partial charge on any atom is -0.173 e. The summed E-state index contributed by atoms with van der Waals surface area (Å²) in [5.41, 5.74) is 4.53. The lowest BCUT2D eigenvalue weighted by Gasteiger charge is -2.02. The second kappa shape index (κ2) is 4.02. The number of aromatic nitrogens is 2. The van der Waals surface area contributed by atoms with Gasteiger partial charge in [-0.1, -0.05) is 37.9 Å². The third kappa shape index (κ3) is 1.65. The van der Waals surface area contributed by atoms with E-state index in [1.54, 1.807) is 0 Å². The molecule has 0 amide bonds. The highest BCUT2D eigenvalue weighted by molar-refractivity contribution is 9.09. The molecule has 13 heavy (non-hydrogen) atoms. The van der Waals surface area contributed by atoms with E-state index in [9.17, 15) is 0 Å². The SMILES string of the molecule is BrCc1ccc2nsnc2c1CBr. The molecule has 0 aliphatic carbocycles. The van der Waals surface area contributed by atoms with Gasteiger partial charge in [-0.05, 0) is 17.2 Å². The Kier molecular flexibility index (Phi) is 2.96. The zero-order valence-electron chi connectivity index (χ0n) is 6.63. The molecule has 0 fully saturated rings. The van der Waals surface area contributed by atoms with Gasteiger partial charge in [-0.15, -0.1) is 0 Å². The average Bonchev–Trinajstić information content (AvgIpc) is 2.63. The molecule has 68 valence electrons. The van der Waals surface area contributed by atoms with Crippen LogP contribution in [0.15, 0.2) is 12.1 Å². The van der Waals surface area contributed by atoms with Crippen molar-refractivity contribution in [2.75, 3.05) is 0 Å². The average molecular weight is 322 g/mol. The molecule has 0 radical (unpaired) electrons. The molecule has 1 heterocycles. The van der Waals surface area contributed by atoms with Gasteiger partial charge >= 0.3 is 0 Å². The predicted octanol–water partition coefficient (Wildman–Crippen LogP) is 3.48. The lowest BCUT2D eigenvalue weighted by molar-refractivity contribution is 1.32. The van der Waals surface area contributed by atoms with Crippen LogP contribution in [0.4, 0.5) is 0 Å². The highest BCUT2D eigenvalue weighted by atomic mass is 79.9. The van der Waals surface area contributed by atoms with E-state index in [2.05, 4.69) is 46.7 Å². The van der Waals surface area contributed by atoms with E-state index in [1.165, 1.54) is 22.9 Å². The van der Waals surface area contributed by atoms with Crippen molar-refractivity contribution in [2.24, 2.45) is 0 Å². The third-order valence-electron chi connectivity index (χ3n) is 1.91. The standard InChI is InChI=1S/C8H6Br2N2S/c9-3-5-1-2-7-8(6(5)4-10)12-13-11-7/h1-2H,3-4H2. The molecule has 0 atom stereocenters. The van der Waals surface area contributed by atoms with Gasteiger partial charge in [0.25, 0.3) is 0 Å². The van der Waals surface area contributed by atoms with Crippen molar-refractivity contribution < 1.29 is 0 Å². The van der Waals surface area contributed by atoms with E-state index < -0.39 is 0 Å². The van der Waals surface area contributed by atoms with Crippen LogP contribution in [-0.2, 0) is 10.7 Å². The molecule has 2 aromatic rings. The molecule has 2 rings (SSSR count). The summed E-state index contributed by atoms with van der Waals surface area (Å²) in [4.78, 5) is 0. The first-order valence-corrected chi connectivity index (χ1v) is 6.69. The summed E-state index contributed by atoms with van der Waals surface area (Å²) in [6, 6.07) is 4.11. The first-order chi connectivity index (χ1) is 6.36. The number of fused-ring (bicyclic) bond motifs is 1. The normalized spacial score (nSPS) is 10.9. The largest absolute Gasteiger partial charge is 0.173 e. The molecule has 0 saturated carbocycles. The lowest BCUT2D eigenvalue weighted by Crippen LogP contribution is -1.89.